The Bertz CT molecular complexity index is 546. The molecule has 3 N–H and O–H groups in total. The van der Waals surface area contributed by atoms with Crippen LogP contribution in [-0.4, -0.2) is 57.5 Å². The lowest BCUT2D eigenvalue weighted by Gasteiger charge is -2.18. The number of nitrogens with one attached hydrogen (secondary N) is 3. The van der Waals surface area contributed by atoms with Gasteiger partial charge in [0.05, 0.1) is 11.5 Å². The number of nitrogens with zero attached hydrogens (tertiary/aromatic N) is 1. The summed E-state index contributed by atoms with van der Waals surface area (Å²) >= 11 is 0. The van der Waals surface area contributed by atoms with Crippen molar-refractivity contribution in [2.75, 3.05) is 25.1 Å². The van der Waals surface area contributed by atoms with Gasteiger partial charge in [0, 0.05) is 32.1 Å². The van der Waals surface area contributed by atoms with Crippen LogP contribution in [-0.2, 0) is 14.6 Å². The number of hydrogen-bond acceptors (Lipinski definition) is 4. The van der Waals surface area contributed by atoms with Gasteiger partial charge in [0.2, 0.25) is 5.91 Å². The molecule has 1 aliphatic rings. The molecular formula is C17H34N4O3S. The average molecular weight is 375 g/mol. The number of amides is 1. The first kappa shape index (κ1) is 21.7. The van der Waals surface area contributed by atoms with Gasteiger partial charge in [-0.15, -0.1) is 0 Å². The Labute approximate surface area is 152 Å². The molecule has 1 rings (SSSR count). The molecule has 146 valence electrons. The number of rotatable bonds is 9. The van der Waals surface area contributed by atoms with E-state index in [1.54, 1.807) is 7.05 Å². The second kappa shape index (κ2) is 10.6. The molecule has 25 heavy (non-hydrogen) atoms. The molecular weight excluding hydrogens is 340 g/mol. The van der Waals surface area contributed by atoms with E-state index in [1.807, 2.05) is 0 Å². The fraction of sp³-hybridized carbons (Fsp3) is 0.882. The van der Waals surface area contributed by atoms with E-state index in [-0.39, 0.29) is 23.5 Å². The first-order valence-corrected chi connectivity index (χ1v) is 11.0. The van der Waals surface area contributed by atoms with E-state index in [0.717, 1.165) is 12.3 Å². The maximum Gasteiger partial charge on any atom is 0.222 e. The van der Waals surface area contributed by atoms with Gasteiger partial charge in [-0.25, -0.2) is 8.42 Å². The molecule has 0 aromatic rings. The normalized spacial score (nSPS) is 21.2. The summed E-state index contributed by atoms with van der Waals surface area (Å²) in [5.41, 5.74) is 0. The highest BCUT2D eigenvalue weighted by atomic mass is 32.2. The van der Waals surface area contributed by atoms with Crippen molar-refractivity contribution >= 4 is 21.7 Å². The van der Waals surface area contributed by atoms with E-state index in [0.29, 0.717) is 31.4 Å². The third-order valence-corrected chi connectivity index (χ3v) is 6.04. The van der Waals surface area contributed by atoms with Gasteiger partial charge in [0.25, 0.3) is 0 Å². The summed E-state index contributed by atoms with van der Waals surface area (Å²) in [6.45, 7) is 7.04. The molecule has 0 radical (unpaired) electrons. The maximum absolute atomic E-state index is 11.9. The van der Waals surface area contributed by atoms with Gasteiger partial charge in [-0.2, -0.15) is 0 Å². The zero-order valence-corrected chi connectivity index (χ0v) is 16.8. The Kier molecular flexibility index (Phi) is 9.24. The monoisotopic (exact) mass is 374 g/mol. The predicted molar refractivity (Wildman–Crippen MR) is 102 cm³/mol. The molecule has 0 bridgehead atoms. The summed E-state index contributed by atoms with van der Waals surface area (Å²) < 4.78 is 22.8. The zero-order chi connectivity index (χ0) is 18.9. The van der Waals surface area contributed by atoms with E-state index < -0.39 is 9.84 Å². The lowest BCUT2D eigenvalue weighted by molar-refractivity contribution is -0.121. The zero-order valence-electron chi connectivity index (χ0n) is 16.0. The highest BCUT2D eigenvalue weighted by Gasteiger charge is 2.28. The third kappa shape index (κ3) is 9.67. The Morgan fingerprint density at radius 3 is 2.52 bits per heavy atom. The van der Waals surface area contributed by atoms with Crippen molar-refractivity contribution in [2.24, 2.45) is 10.9 Å². The summed E-state index contributed by atoms with van der Waals surface area (Å²) in [6.07, 6.45) is 4.28. The summed E-state index contributed by atoms with van der Waals surface area (Å²) in [6, 6.07) is 0.0818. The Morgan fingerprint density at radius 1 is 1.24 bits per heavy atom. The van der Waals surface area contributed by atoms with E-state index in [9.17, 15) is 13.2 Å². The van der Waals surface area contributed by atoms with Gasteiger partial charge in [0.15, 0.2) is 15.8 Å². The predicted octanol–water partition coefficient (Wildman–Crippen LogP) is 1.06. The van der Waals surface area contributed by atoms with Crippen LogP contribution < -0.4 is 16.0 Å². The lowest BCUT2D eigenvalue weighted by atomic mass is 10.0. The molecule has 2 atom stereocenters. The van der Waals surface area contributed by atoms with Crippen LogP contribution in [0.15, 0.2) is 4.99 Å². The molecule has 2 unspecified atom stereocenters. The minimum Gasteiger partial charge on any atom is -0.356 e. The van der Waals surface area contributed by atoms with Gasteiger partial charge >= 0.3 is 0 Å². The first-order chi connectivity index (χ1) is 11.7. The van der Waals surface area contributed by atoms with Crippen LogP contribution in [0.4, 0.5) is 0 Å². The van der Waals surface area contributed by atoms with Crippen LogP contribution in [0, 0.1) is 5.92 Å². The average Bonchev–Trinajstić information content (AvgIpc) is 2.84. The van der Waals surface area contributed by atoms with Crippen LogP contribution in [0.5, 0.6) is 0 Å². The van der Waals surface area contributed by atoms with Crippen LogP contribution in [0.3, 0.4) is 0 Å². The van der Waals surface area contributed by atoms with Gasteiger partial charge in [-0.3, -0.25) is 9.79 Å². The van der Waals surface area contributed by atoms with Gasteiger partial charge < -0.3 is 16.0 Å². The molecule has 1 fully saturated rings. The fourth-order valence-electron chi connectivity index (χ4n) is 2.84. The number of sulfone groups is 1. The molecule has 1 amide bonds. The molecule has 0 aromatic carbocycles. The molecule has 8 heteroatoms. The van der Waals surface area contributed by atoms with Crippen LogP contribution in [0.2, 0.25) is 0 Å². The highest BCUT2D eigenvalue weighted by molar-refractivity contribution is 7.91. The lowest BCUT2D eigenvalue weighted by Crippen LogP contribution is -2.44. The minimum atomic E-state index is -2.97. The number of guanidine groups is 1. The van der Waals surface area contributed by atoms with Crippen molar-refractivity contribution in [1.82, 2.24) is 16.0 Å². The molecule has 7 nitrogen and oxygen atoms in total. The molecule has 0 aromatic heterocycles. The maximum atomic E-state index is 11.9. The van der Waals surface area contributed by atoms with E-state index >= 15 is 0 Å². The quantitative estimate of drug-likeness (QED) is 0.414. The largest absolute Gasteiger partial charge is 0.356 e. The molecule has 0 saturated carbocycles. The number of carbonyl (C=O) groups is 1. The summed E-state index contributed by atoms with van der Waals surface area (Å²) in [4.78, 5) is 16.1. The van der Waals surface area contributed by atoms with Crippen molar-refractivity contribution in [2.45, 2.75) is 65.0 Å². The summed E-state index contributed by atoms with van der Waals surface area (Å²) in [5, 5.41) is 9.24. The Morgan fingerprint density at radius 2 is 1.96 bits per heavy atom. The molecule has 0 aliphatic carbocycles. The molecule has 1 heterocycles. The molecule has 0 spiro atoms. The highest BCUT2D eigenvalue weighted by Crippen LogP contribution is 2.11. The molecule has 1 saturated heterocycles. The molecule has 1 aliphatic heterocycles. The Balaban J connectivity index is 2.20. The van der Waals surface area contributed by atoms with Crippen molar-refractivity contribution < 1.29 is 13.2 Å². The van der Waals surface area contributed by atoms with E-state index in [1.165, 1.54) is 12.8 Å². The van der Waals surface area contributed by atoms with Crippen LogP contribution in [0.25, 0.3) is 0 Å². The van der Waals surface area contributed by atoms with Gasteiger partial charge in [-0.1, -0.05) is 26.7 Å². The minimum absolute atomic E-state index is 0.0588. The van der Waals surface area contributed by atoms with Crippen molar-refractivity contribution in [3.8, 4) is 0 Å². The first-order valence-electron chi connectivity index (χ1n) is 9.19. The van der Waals surface area contributed by atoms with Crippen LogP contribution in [0.1, 0.15) is 52.9 Å². The number of aliphatic imine (C=N–C) groups is 1. The SMILES string of the molecule is CN=C(NCCC(=O)NC1CCS(=O)(=O)C1)NC(C)CCCC(C)C. The van der Waals surface area contributed by atoms with Gasteiger partial charge in [-0.05, 0) is 25.7 Å². The van der Waals surface area contributed by atoms with Crippen molar-refractivity contribution in [3.05, 3.63) is 0 Å². The fourth-order valence-corrected chi connectivity index (χ4v) is 4.51. The smallest absolute Gasteiger partial charge is 0.222 e. The van der Waals surface area contributed by atoms with Gasteiger partial charge in [0.1, 0.15) is 0 Å². The Hall–Kier alpha value is -1.31. The number of hydrogen-bond donors (Lipinski definition) is 3. The van der Waals surface area contributed by atoms with Crippen molar-refractivity contribution in [1.29, 1.82) is 0 Å². The second-order valence-electron chi connectivity index (χ2n) is 7.29. The van der Waals surface area contributed by atoms with E-state index in [2.05, 4.69) is 41.7 Å². The van der Waals surface area contributed by atoms with Crippen molar-refractivity contribution in [3.63, 3.8) is 0 Å². The van der Waals surface area contributed by atoms with E-state index in [4.69, 9.17) is 0 Å². The topological polar surface area (TPSA) is 99.7 Å². The number of carbonyl (C=O) groups excluding carboxylic acids is 1. The summed E-state index contributed by atoms with van der Waals surface area (Å²) in [5.74, 6) is 1.51. The second-order valence-corrected chi connectivity index (χ2v) is 9.52. The standard InChI is InChI=1S/C17H34N4O3S/c1-13(2)6-5-7-14(3)20-17(18-4)19-10-8-16(22)21-15-9-11-25(23,24)12-15/h13-15H,5-12H2,1-4H3,(H,21,22)(H2,18,19,20). The summed E-state index contributed by atoms with van der Waals surface area (Å²) in [7, 11) is -1.26. The van der Waals surface area contributed by atoms with Crippen LogP contribution >= 0.6 is 0 Å². The third-order valence-electron chi connectivity index (χ3n) is 4.27.